The molecule has 1 aromatic carbocycles. The Labute approximate surface area is 149 Å². The fourth-order valence-corrected chi connectivity index (χ4v) is 2.56. The van der Waals surface area contributed by atoms with Crippen molar-refractivity contribution in [2.24, 2.45) is 0 Å². The highest BCUT2D eigenvalue weighted by Crippen LogP contribution is 2.32. The van der Waals surface area contributed by atoms with Gasteiger partial charge in [0.15, 0.2) is 11.6 Å². The van der Waals surface area contributed by atoms with E-state index in [1.54, 1.807) is 31.9 Å². The second kappa shape index (κ2) is 6.72. The van der Waals surface area contributed by atoms with Gasteiger partial charge >= 0.3 is 0 Å². The molecule has 26 heavy (non-hydrogen) atoms. The van der Waals surface area contributed by atoms with Crippen molar-refractivity contribution in [1.82, 2.24) is 25.1 Å². The first-order valence-corrected chi connectivity index (χ1v) is 7.96. The molecule has 0 aliphatic heterocycles. The molecule has 0 amide bonds. The van der Waals surface area contributed by atoms with Crippen molar-refractivity contribution in [3.8, 4) is 39.8 Å². The van der Waals surface area contributed by atoms with Gasteiger partial charge in [-0.25, -0.2) is 15.0 Å². The molecule has 0 N–H and O–H groups in total. The molecule has 0 saturated carbocycles. The Bertz CT molecular complexity index is 1030. The summed E-state index contributed by atoms with van der Waals surface area (Å²) in [5, 5.41) is 3.96. The van der Waals surface area contributed by atoms with Gasteiger partial charge in [-0.15, -0.1) is 0 Å². The van der Waals surface area contributed by atoms with Crippen LogP contribution in [0.2, 0.25) is 0 Å². The minimum Gasteiger partial charge on any atom is -0.497 e. The van der Waals surface area contributed by atoms with Crippen molar-refractivity contribution in [3.63, 3.8) is 0 Å². The molecule has 7 heteroatoms. The predicted octanol–water partition coefficient (Wildman–Crippen LogP) is 3.57. The van der Waals surface area contributed by atoms with Crippen LogP contribution in [0.15, 0.2) is 59.6 Å². The third-order valence-electron chi connectivity index (χ3n) is 3.84. The van der Waals surface area contributed by atoms with Crippen molar-refractivity contribution >= 4 is 0 Å². The van der Waals surface area contributed by atoms with Crippen LogP contribution in [0.25, 0.3) is 34.1 Å². The highest BCUT2D eigenvalue weighted by molar-refractivity contribution is 5.79. The van der Waals surface area contributed by atoms with Gasteiger partial charge in [0.1, 0.15) is 11.4 Å². The van der Waals surface area contributed by atoms with Gasteiger partial charge in [-0.05, 0) is 31.2 Å². The molecule has 0 unspecified atom stereocenters. The van der Waals surface area contributed by atoms with Crippen LogP contribution in [0, 0.1) is 6.92 Å². The minimum absolute atomic E-state index is 0.490. The van der Waals surface area contributed by atoms with E-state index in [0.717, 1.165) is 28.3 Å². The summed E-state index contributed by atoms with van der Waals surface area (Å²) < 4.78 is 10.7. The van der Waals surface area contributed by atoms with Gasteiger partial charge < -0.3 is 9.26 Å². The van der Waals surface area contributed by atoms with Crippen LogP contribution < -0.4 is 4.74 Å². The summed E-state index contributed by atoms with van der Waals surface area (Å²) in [5.41, 5.74) is 3.77. The molecule has 4 aromatic rings. The SMILES string of the molecule is COc1ccc(-c2nc(-c3cnccn3)ncc2-c2cc(C)no2)cc1. The Morgan fingerprint density at radius 3 is 2.50 bits per heavy atom. The lowest BCUT2D eigenvalue weighted by Crippen LogP contribution is -1.97. The van der Waals surface area contributed by atoms with E-state index in [2.05, 4.69) is 20.1 Å². The fraction of sp³-hybridized carbons (Fsp3) is 0.105. The van der Waals surface area contributed by atoms with Crippen molar-refractivity contribution < 1.29 is 9.26 Å². The molecule has 0 bridgehead atoms. The zero-order valence-corrected chi connectivity index (χ0v) is 14.2. The Balaban J connectivity index is 1.88. The Hall–Kier alpha value is -3.61. The van der Waals surface area contributed by atoms with E-state index in [9.17, 15) is 0 Å². The number of nitrogens with zero attached hydrogens (tertiary/aromatic N) is 5. The smallest absolute Gasteiger partial charge is 0.180 e. The van der Waals surface area contributed by atoms with Crippen LogP contribution in [0.5, 0.6) is 5.75 Å². The largest absolute Gasteiger partial charge is 0.497 e. The molecule has 0 saturated heterocycles. The van der Waals surface area contributed by atoms with Crippen LogP contribution in [0.3, 0.4) is 0 Å². The van der Waals surface area contributed by atoms with Gasteiger partial charge in [-0.1, -0.05) is 5.16 Å². The molecular formula is C19H15N5O2. The number of aromatic nitrogens is 5. The first kappa shape index (κ1) is 15.9. The average Bonchev–Trinajstić information content (AvgIpc) is 3.14. The van der Waals surface area contributed by atoms with E-state index in [0.29, 0.717) is 17.3 Å². The summed E-state index contributed by atoms with van der Waals surface area (Å²) in [6, 6.07) is 9.50. The third-order valence-corrected chi connectivity index (χ3v) is 3.84. The maximum Gasteiger partial charge on any atom is 0.180 e. The minimum atomic E-state index is 0.490. The van der Waals surface area contributed by atoms with Gasteiger partial charge in [0.05, 0.1) is 30.3 Å². The van der Waals surface area contributed by atoms with E-state index in [1.807, 2.05) is 37.3 Å². The van der Waals surface area contributed by atoms with Crippen LogP contribution in [-0.2, 0) is 0 Å². The fourth-order valence-electron chi connectivity index (χ4n) is 2.56. The van der Waals surface area contributed by atoms with Crippen LogP contribution in [0.4, 0.5) is 0 Å². The standard InChI is InChI=1S/C19H15N5O2/c1-12-9-17(26-24-12)15-10-22-19(16-11-20-7-8-21-16)23-18(15)13-3-5-14(25-2)6-4-13/h3-11H,1-2H3. The van der Waals surface area contributed by atoms with E-state index in [1.165, 1.54) is 0 Å². The Morgan fingerprint density at radius 1 is 1.00 bits per heavy atom. The van der Waals surface area contributed by atoms with Crippen LogP contribution >= 0.6 is 0 Å². The predicted molar refractivity (Wildman–Crippen MR) is 95.3 cm³/mol. The van der Waals surface area contributed by atoms with E-state index < -0.39 is 0 Å². The topological polar surface area (TPSA) is 86.8 Å². The summed E-state index contributed by atoms with van der Waals surface area (Å²) in [5.74, 6) is 1.87. The second-order valence-corrected chi connectivity index (χ2v) is 5.61. The van der Waals surface area contributed by atoms with Gasteiger partial charge in [-0.3, -0.25) is 4.98 Å². The lowest BCUT2D eigenvalue weighted by molar-refractivity contribution is 0.415. The summed E-state index contributed by atoms with van der Waals surface area (Å²) in [6.45, 7) is 1.87. The van der Waals surface area contributed by atoms with Crippen LogP contribution in [0.1, 0.15) is 5.69 Å². The molecule has 0 radical (unpaired) electrons. The molecule has 3 heterocycles. The first-order valence-electron chi connectivity index (χ1n) is 7.96. The molecule has 7 nitrogen and oxygen atoms in total. The van der Waals surface area contributed by atoms with Crippen molar-refractivity contribution in [2.75, 3.05) is 7.11 Å². The lowest BCUT2D eigenvalue weighted by Gasteiger charge is -2.09. The van der Waals surface area contributed by atoms with Crippen molar-refractivity contribution in [2.45, 2.75) is 6.92 Å². The van der Waals surface area contributed by atoms with Crippen molar-refractivity contribution in [3.05, 3.63) is 60.8 Å². The van der Waals surface area contributed by atoms with Crippen molar-refractivity contribution in [1.29, 1.82) is 0 Å². The lowest BCUT2D eigenvalue weighted by atomic mass is 10.0. The second-order valence-electron chi connectivity index (χ2n) is 5.61. The Morgan fingerprint density at radius 2 is 1.85 bits per heavy atom. The number of rotatable bonds is 4. The molecule has 0 atom stereocenters. The van der Waals surface area contributed by atoms with Crippen LogP contribution in [-0.4, -0.2) is 32.2 Å². The van der Waals surface area contributed by atoms with E-state index >= 15 is 0 Å². The van der Waals surface area contributed by atoms with Gasteiger partial charge in [0.25, 0.3) is 0 Å². The Kier molecular flexibility index (Phi) is 4.10. The highest BCUT2D eigenvalue weighted by atomic mass is 16.5. The highest BCUT2D eigenvalue weighted by Gasteiger charge is 2.16. The van der Waals surface area contributed by atoms with E-state index in [-0.39, 0.29) is 0 Å². The van der Waals surface area contributed by atoms with Gasteiger partial charge in [0.2, 0.25) is 0 Å². The normalized spacial score (nSPS) is 10.7. The number of methoxy groups -OCH3 is 1. The molecular weight excluding hydrogens is 330 g/mol. The quantitative estimate of drug-likeness (QED) is 0.559. The van der Waals surface area contributed by atoms with Gasteiger partial charge in [-0.2, -0.15) is 0 Å². The molecule has 0 fully saturated rings. The zero-order valence-electron chi connectivity index (χ0n) is 14.2. The maximum atomic E-state index is 5.42. The monoisotopic (exact) mass is 345 g/mol. The maximum absolute atomic E-state index is 5.42. The number of aryl methyl sites for hydroxylation is 1. The van der Waals surface area contributed by atoms with Gasteiger partial charge in [0, 0.05) is 30.2 Å². The summed E-state index contributed by atoms with van der Waals surface area (Å²) >= 11 is 0. The summed E-state index contributed by atoms with van der Waals surface area (Å²) in [7, 11) is 1.63. The first-order chi connectivity index (χ1) is 12.7. The zero-order chi connectivity index (χ0) is 17.9. The molecule has 0 spiro atoms. The molecule has 0 aliphatic carbocycles. The number of benzene rings is 1. The summed E-state index contributed by atoms with van der Waals surface area (Å²) in [4.78, 5) is 17.5. The molecule has 128 valence electrons. The number of ether oxygens (including phenoxy) is 1. The molecule has 4 rings (SSSR count). The number of hydrogen-bond acceptors (Lipinski definition) is 7. The summed E-state index contributed by atoms with van der Waals surface area (Å²) in [6.07, 6.45) is 6.57. The third kappa shape index (κ3) is 3.02. The molecule has 3 aromatic heterocycles. The van der Waals surface area contributed by atoms with E-state index in [4.69, 9.17) is 14.2 Å². The molecule has 0 aliphatic rings. The number of hydrogen-bond donors (Lipinski definition) is 0. The average molecular weight is 345 g/mol.